The largest absolute Gasteiger partial charge is 0.397 e. The average Bonchev–Trinajstić information content (AvgIpc) is 3.08. The molecule has 92 valence electrons. The number of terminal acetylenes is 1. The van der Waals surface area contributed by atoms with Gasteiger partial charge in [-0.3, -0.25) is 4.98 Å². The van der Waals surface area contributed by atoms with Crippen LogP contribution in [0.2, 0.25) is 0 Å². The Kier molecular flexibility index (Phi) is 3.80. The molecule has 0 amide bonds. The molecule has 2 nitrogen and oxygen atoms in total. The summed E-state index contributed by atoms with van der Waals surface area (Å²) in [5.41, 5.74) is 10.2. The monoisotopic (exact) mass is 246 g/mol. The molecule has 2 aliphatic carbocycles. The number of nitrogens with two attached hydrogens (primary N) is 1. The summed E-state index contributed by atoms with van der Waals surface area (Å²) in [5.74, 6) is 0. The van der Waals surface area contributed by atoms with Crippen molar-refractivity contribution in [1.29, 1.82) is 0 Å². The highest BCUT2D eigenvalue weighted by atomic mass is 14.7. The van der Waals surface area contributed by atoms with Gasteiger partial charge in [-0.25, -0.2) is 0 Å². The Balaban J connectivity index is 0.000000140. The molecule has 0 fully saturated rings. The lowest BCUT2D eigenvalue weighted by molar-refractivity contribution is 1.41. The molecule has 0 unspecified atom stereocenters. The van der Waals surface area contributed by atoms with Crippen molar-refractivity contribution in [2.75, 3.05) is 5.73 Å². The van der Waals surface area contributed by atoms with E-state index < -0.39 is 0 Å². The number of aromatic nitrogens is 1. The van der Waals surface area contributed by atoms with E-state index in [4.69, 9.17) is 5.73 Å². The summed E-state index contributed by atoms with van der Waals surface area (Å²) < 4.78 is 0. The molecule has 0 saturated carbocycles. The normalized spacial score (nSPS) is 9.58. The maximum atomic E-state index is 5.69. The number of hydrogen-bond donors (Lipinski definition) is 1. The number of hydrogen-bond acceptors (Lipinski definition) is 2. The maximum Gasteiger partial charge on any atom is 0.0931 e. The molecule has 1 heterocycles. The second-order valence-corrected chi connectivity index (χ2v) is 4.00. The fraction of sp³-hybridized carbons (Fsp3) is 0. The first-order valence-corrected chi connectivity index (χ1v) is 5.87. The van der Waals surface area contributed by atoms with Crippen molar-refractivity contribution in [1.82, 2.24) is 4.98 Å². The highest BCUT2D eigenvalue weighted by molar-refractivity contribution is 5.88. The van der Waals surface area contributed by atoms with Crippen LogP contribution in [0.25, 0.3) is 22.0 Å². The van der Waals surface area contributed by atoms with Gasteiger partial charge in [-0.05, 0) is 29.3 Å². The summed E-state index contributed by atoms with van der Waals surface area (Å²) in [6, 6.07) is 18.2. The van der Waals surface area contributed by atoms with Crippen LogP contribution in [0.4, 0.5) is 5.69 Å². The minimum Gasteiger partial charge on any atom is -0.397 e. The predicted octanol–water partition coefficient (Wildman–Crippen LogP) is 3.73. The van der Waals surface area contributed by atoms with Crippen molar-refractivity contribution in [3.8, 4) is 24.0 Å². The van der Waals surface area contributed by atoms with E-state index in [-0.39, 0.29) is 0 Å². The summed E-state index contributed by atoms with van der Waals surface area (Å²) in [5, 5.41) is 1.09. The van der Waals surface area contributed by atoms with Gasteiger partial charge in [0.25, 0.3) is 0 Å². The lowest BCUT2D eigenvalue weighted by atomic mass is 10.2. The quantitative estimate of drug-likeness (QED) is 0.379. The van der Waals surface area contributed by atoms with Crippen LogP contribution in [0.3, 0.4) is 0 Å². The van der Waals surface area contributed by atoms with Crippen LogP contribution < -0.4 is 5.73 Å². The zero-order chi connectivity index (χ0) is 13.7. The van der Waals surface area contributed by atoms with Gasteiger partial charge >= 0.3 is 0 Å². The van der Waals surface area contributed by atoms with Crippen molar-refractivity contribution in [3.05, 3.63) is 60.8 Å². The number of benzene rings is 2. The third kappa shape index (κ3) is 2.91. The first kappa shape index (κ1) is 12.7. The molecular formula is C17H14N2. The summed E-state index contributed by atoms with van der Waals surface area (Å²) >= 11 is 0. The molecule has 0 aliphatic heterocycles. The van der Waals surface area contributed by atoms with Gasteiger partial charge in [-0.1, -0.05) is 36.4 Å². The first-order chi connectivity index (χ1) is 9.34. The van der Waals surface area contributed by atoms with Crippen molar-refractivity contribution < 1.29 is 0 Å². The third-order valence-corrected chi connectivity index (χ3v) is 2.78. The fourth-order valence-corrected chi connectivity index (χ4v) is 1.80. The number of anilines is 1. The van der Waals surface area contributed by atoms with Gasteiger partial charge in [-0.2, -0.15) is 0 Å². The SMILES string of the molecule is C#C.Nc1cccc2cccnc12.c1cc2cc-2c1. The van der Waals surface area contributed by atoms with Crippen LogP contribution in [-0.4, -0.2) is 4.98 Å². The van der Waals surface area contributed by atoms with Crippen LogP contribution in [0.5, 0.6) is 0 Å². The maximum absolute atomic E-state index is 5.69. The van der Waals surface area contributed by atoms with E-state index >= 15 is 0 Å². The number of fused-ring (bicyclic) bond motifs is 2. The molecular weight excluding hydrogens is 232 g/mol. The van der Waals surface area contributed by atoms with E-state index in [1.165, 1.54) is 11.1 Å². The van der Waals surface area contributed by atoms with E-state index in [1.54, 1.807) is 6.20 Å². The molecule has 2 N–H and O–H groups in total. The van der Waals surface area contributed by atoms with E-state index in [9.17, 15) is 0 Å². The molecule has 1 aromatic heterocycles. The highest BCUT2D eigenvalue weighted by Crippen LogP contribution is 2.32. The zero-order valence-electron chi connectivity index (χ0n) is 10.5. The topological polar surface area (TPSA) is 38.9 Å². The summed E-state index contributed by atoms with van der Waals surface area (Å²) in [7, 11) is 0. The summed E-state index contributed by atoms with van der Waals surface area (Å²) in [4.78, 5) is 4.16. The molecule has 1 aromatic carbocycles. The van der Waals surface area contributed by atoms with Gasteiger partial charge in [0.15, 0.2) is 0 Å². The number of nitrogens with zero attached hydrogens (tertiary/aromatic N) is 1. The van der Waals surface area contributed by atoms with Crippen molar-refractivity contribution in [3.63, 3.8) is 0 Å². The molecule has 0 saturated heterocycles. The van der Waals surface area contributed by atoms with Gasteiger partial charge in [-0.15, -0.1) is 12.8 Å². The Labute approximate surface area is 112 Å². The first-order valence-electron chi connectivity index (χ1n) is 5.87. The average molecular weight is 246 g/mol. The van der Waals surface area contributed by atoms with Crippen LogP contribution in [-0.2, 0) is 0 Å². The number of para-hydroxylation sites is 1. The Morgan fingerprint density at radius 2 is 1.47 bits per heavy atom. The van der Waals surface area contributed by atoms with Gasteiger partial charge in [0.1, 0.15) is 0 Å². The lowest BCUT2D eigenvalue weighted by Crippen LogP contribution is -1.87. The smallest absolute Gasteiger partial charge is 0.0931 e. The predicted molar refractivity (Wildman–Crippen MR) is 81.5 cm³/mol. The Hall–Kier alpha value is -2.79. The zero-order valence-corrected chi connectivity index (χ0v) is 10.5. The van der Waals surface area contributed by atoms with Crippen LogP contribution in [0.15, 0.2) is 60.8 Å². The molecule has 0 spiro atoms. The second kappa shape index (κ2) is 5.70. The second-order valence-electron chi connectivity index (χ2n) is 4.00. The lowest BCUT2D eigenvalue weighted by Gasteiger charge is -1.97. The van der Waals surface area contributed by atoms with E-state index in [1.807, 2.05) is 30.3 Å². The van der Waals surface area contributed by atoms with Crippen molar-refractivity contribution in [2.24, 2.45) is 0 Å². The minimum absolute atomic E-state index is 0.739. The summed E-state index contributed by atoms with van der Waals surface area (Å²) in [6.45, 7) is 0. The number of rotatable bonds is 0. The van der Waals surface area contributed by atoms with Gasteiger partial charge in [0.2, 0.25) is 0 Å². The van der Waals surface area contributed by atoms with Gasteiger partial charge < -0.3 is 5.73 Å². The van der Waals surface area contributed by atoms with Gasteiger partial charge in [0, 0.05) is 11.6 Å². The molecule has 4 rings (SSSR count). The Morgan fingerprint density at radius 1 is 0.842 bits per heavy atom. The third-order valence-electron chi connectivity index (χ3n) is 2.78. The molecule has 0 radical (unpaired) electrons. The van der Waals surface area contributed by atoms with E-state index in [0.29, 0.717) is 0 Å². The van der Waals surface area contributed by atoms with Crippen LogP contribution in [0.1, 0.15) is 0 Å². The molecule has 0 atom stereocenters. The molecule has 0 bridgehead atoms. The van der Waals surface area contributed by atoms with Crippen molar-refractivity contribution in [2.45, 2.75) is 0 Å². The van der Waals surface area contributed by atoms with Crippen LogP contribution in [0, 0.1) is 12.8 Å². The molecule has 2 aliphatic rings. The standard InChI is InChI=1S/C9H8N2.C6H4.C2H2/c10-8-5-1-3-7-4-2-6-11-9(7)8;1-2-5-4-6(5)3-1;1-2/h1-6H,10H2;1-4H;1-2H. The Morgan fingerprint density at radius 3 is 2.00 bits per heavy atom. The van der Waals surface area contributed by atoms with E-state index in [0.717, 1.165) is 16.6 Å². The molecule has 19 heavy (non-hydrogen) atoms. The number of nitrogen functional groups attached to an aromatic ring is 1. The summed E-state index contributed by atoms with van der Waals surface area (Å²) in [6.07, 6.45) is 9.75. The molecule has 2 heteroatoms. The number of pyridine rings is 1. The minimum atomic E-state index is 0.739. The van der Waals surface area contributed by atoms with E-state index in [2.05, 4.69) is 42.1 Å². The van der Waals surface area contributed by atoms with Crippen molar-refractivity contribution >= 4 is 16.6 Å². The van der Waals surface area contributed by atoms with Crippen LogP contribution >= 0.6 is 0 Å². The Bertz CT molecular complexity index is 692. The molecule has 2 aromatic rings. The highest BCUT2D eigenvalue weighted by Gasteiger charge is 2.06. The fourth-order valence-electron chi connectivity index (χ4n) is 1.80. The van der Waals surface area contributed by atoms with Gasteiger partial charge in [0.05, 0.1) is 11.2 Å².